The van der Waals surface area contributed by atoms with Crippen molar-refractivity contribution in [2.45, 2.75) is 40.7 Å². The molecule has 0 aliphatic carbocycles. The summed E-state index contributed by atoms with van der Waals surface area (Å²) in [7, 11) is 2.04. The summed E-state index contributed by atoms with van der Waals surface area (Å²) in [6, 6.07) is 21.1. The fourth-order valence-corrected chi connectivity index (χ4v) is 4.82. The van der Waals surface area contributed by atoms with Gasteiger partial charge in [-0.25, -0.2) is 0 Å². The minimum absolute atomic E-state index is 0.690. The fourth-order valence-electron chi connectivity index (χ4n) is 4.82. The number of aryl methyl sites for hydroxylation is 4. The summed E-state index contributed by atoms with van der Waals surface area (Å²) < 4.78 is 2.02. The lowest BCUT2D eigenvalue weighted by molar-refractivity contribution is 0.694. The molecule has 0 saturated heterocycles. The van der Waals surface area contributed by atoms with Gasteiger partial charge in [-0.3, -0.25) is 4.68 Å². The van der Waals surface area contributed by atoms with E-state index in [0.717, 1.165) is 30.8 Å². The monoisotopic (exact) mass is 422 g/mol. The van der Waals surface area contributed by atoms with Crippen molar-refractivity contribution in [3.8, 4) is 17.2 Å². The van der Waals surface area contributed by atoms with Gasteiger partial charge in [-0.05, 0) is 67.6 Å². The van der Waals surface area contributed by atoms with Crippen LogP contribution in [0.3, 0.4) is 0 Å². The van der Waals surface area contributed by atoms with Gasteiger partial charge in [-0.2, -0.15) is 10.4 Å². The molecule has 1 heterocycles. The largest absolute Gasteiger partial charge is 0.352 e. The molecule has 0 saturated carbocycles. The van der Waals surface area contributed by atoms with E-state index in [0.29, 0.717) is 5.56 Å². The highest BCUT2D eigenvalue weighted by Gasteiger charge is 2.20. The molecule has 4 heteroatoms. The number of nitrogens with zero attached hydrogens (tertiary/aromatic N) is 4. The summed E-state index contributed by atoms with van der Waals surface area (Å²) in [6.07, 6.45) is 1.04. The standard InChI is InChI=1S/C28H30N4/c1-6-14-32(18-23-12-10-22(17-29)11-13-23)28-25-9-7-8-24(27(25)30-31(28)5)26-20(3)15-19(2)16-21(26)4/h7-13,15-16H,6,14,18H2,1-5H3. The quantitative estimate of drug-likeness (QED) is 0.358. The van der Waals surface area contributed by atoms with Crippen LogP contribution in [0.2, 0.25) is 0 Å². The molecule has 0 aliphatic rings. The van der Waals surface area contributed by atoms with Crippen molar-refractivity contribution >= 4 is 16.7 Å². The van der Waals surface area contributed by atoms with Gasteiger partial charge in [0.2, 0.25) is 0 Å². The second-order valence-corrected chi connectivity index (χ2v) is 8.65. The van der Waals surface area contributed by atoms with Gasteiger partial charge in [0.25, 0.3) is 0 Å². The van der Waals surface area contributed by atoms with E-state index in [1.54, 1.807) is 0 Å². The Morgan fingerprint density at radius 2 is 1.69 bits per heavy atom. The van der Waals surface area contributed by atoms with Crippen LogP contribution in [0, 0.1) is 32.1 Å². The highest BCUT2D eigenvalue weighted by Crippen LogP contribution is 2.37. The van der Waals surface area contributed by atoms with Crippen LogP contribution in [0.1, 0.15) is 41.2 Å². The highest BCUT2D eigenvalue weighted by molar-refractivity contribution is 6.01. The van der Waals surface area contributed by atoms with Crippen molar-refractivity contribution in [1.29, 1.82) is 5.26 Å². The Balaban J connectivity index is 1.83. The van der Waals surface area contributed by atoms with Crippen LogP contribution in [-0.2, 0) is 13.6 Å². The Hall–Kier alpha value is -3.58. The zero-order chi connectivity index (χ0) is 22.8. The maximum Gasteiger partial charge on any atom is 0.134 e. The van der Waals surface area contributed by atoms with E-state index in [2.05, 4.69) is 69.0 Å². The van der Waals surface area contributed by atoms with Crippen LogP contribution in [0.4, 0.5) is 5.82 Å². The third-order valence-electron chi connectivity index (χ3n) is 6.03. The SMILES string of the molecule is CCCN(Cc1ccc(C#N)cc1)c1c2cccc(-c3c(C)cc(C)cc3C)c2nn1C. The summed E-state index contributed by atoms with van der Waals surface area (Å²) >= 11 is 0. The number of aromatic nitrogens is 2. The van der Waals surface area contributed by atoms with E-state index in [9.17, 15) is 0 Å². The second kappa shape index (κ2) is 8.88. The lowest BCUT2D eigenvalue weighted by atomic mass is 9.92. The molecule has 4 nitrogen and oxygen atoms in total. The van der Waals surface area contributed by atoms with E-state index < -0.39 is 0 Å². The predicted molar refractivity (Wildman–Crippen MR) is 133 cm³/mol. The Morgan fingerprint density at radius 3 is 2.31 bits per heavy atom. The first-order valence-electron chi connectivity index (χ1n) is 11.2. The molecular weight excluding hydrogens is 392 g/mol. The van der Waals surface area contributed by atoms with E-state index in [-0.39, 0.29) is 0 Å². The molecule has 0 bridgehead atoms. The van der Waals surface area contributed by atoms with Crippen molar-refractivity contribution < 1.29 is 0 Å². The molecule has 4 rings (SSSR count). The average Bonchev–Trinajstić information content (AvgIpc) is 3.10. The minimum atomic E-state index is 0.690. The summed E-state index contributed by atoms with van der Waals surface area (Å²) in [6.45, 7) is 10.4. The topological polar surface area (TPSA) is 44.9 Å². The molecule has 3 aromatic carbocycles. The number of nitriles is 1. The molecule has 0 N–H and O–H groups in total. The molecule has 1 aromatic heterocycles. The molecule has 0 amide bonds. The number of anilines is 1. The van der Waals surface area contributed by atoms with Gasteiger partial charge in [0, 0.05) is 31.1 Å². The Labute approximate surface area is 190 Å². The van der Waals surface area contributed by atoms with Gasteiger partial charge in [0.05, 0.1) is 11.6 Å². The van der Waals surface area contributed by atoms with Gasteiger partial charge in [-0.15, -0.1) is 0 Å². The molecule has 0 spiro atoms. The molecule has 162 valence electrons. The third-order valence-corrected chi connectivity index (χ3v) is 6.03. The third kappa shape index (κ3) is 3.99. The molecule has 0 atom stereocenters. The zero-order valence-corrected chi connectivity index (χ0v) is 19.6. The molecule has 0 fully saturated rings. The fraction of sp³-hybridized carbons (Fsp3) is 0.286. The average molecular weight is 423 g/mol. The van der Waals surface area contributed by atoms with Crippen LogP contribution in [0.15, 0.2) is 54.6 Å². The Kier molecular flexibility index (Phi) is 6.01. The first kappa shape index (κ1) is 21.6. The molecular formula is C28H30N4. The van der Waals surface area contributed by atoms with Gasteiger partial charge in [0.1, 0.15) is 11.3 Å². The predicted octanol–water partition coefficient (Wildman–Crippen LogP) is 6.45. The van der Waals surface area contributed by atoms with Crippen LogP contribution < -0.4 is 4.90 Å². The molecule has 0 radical (unpaired) electrons. The lowest BCUT2D eigenvalue weighted by Gasteiger charge is -2.25. The van der Waals surface area contributed by atoms with E-state index >= 15 is 0 Å². The number of rotatable bonds is 6. The second-order valence-electron chi connectivity index (χ2n) is 8.65. The normalized spacial score (nSPS) is 11.0. The summed E-state index contributed by atoms with van der Waals surface area (Å²) in [5.41, 5.74) is 9.24. The molecule has 0 unspecified atom stereocenters. The van der Waals surface area contributed by atoms with E-state index in [4.69, 9.17) is 10.4 Å². The Morgan fingerprint density at radius 1 is 1.00 bits per heavy atom. The van der Waals surface area contributed by atoms with Crippen molar-refractivity contribution in [2.75, 3.05) is 11.4 Å². The number of fused-ring (bicyclic) bond motifs is 1. The zero-order valence-electron chi connectivity index (χ0n) is 19.6. The van der Waals surface area contributed by atoms with Crippen molar-refractivity contribution in [1.82, 2.24) is 9.78 Å². The summed E-state index contributed by atoms with van der Waals surface area (Å²) in [4.78, 5) is 2.40. The van der Waals surface area contributed by atoms with Crippen LogP contribution >= 0.6 is 0 Å². The van der Waals surface area contributed by atoms with Gasteiger partial charge in [-0.1, -0.05) is 48.9 Å². The lowest BCUT2D eigenvalue weighted by Crippen LogP contribution is -2.25. The summed E-state index contributed by atoms with van der Waals surface area (Å²) in [5, 5.41) is 15.3. The van der Waals surface area contributed by atoms with Crippen molar-refractivity contribution in [3.63, 3.8) is 0 Å². The van der Waals surface area contributed by atoms with Crippen molar-refractivity contribution in [2.24, 2.45) is 7.05 Å². The molecule has 4 aromatic rings. The maximum absolute atomic E-state index is 9.10. The molecule has 0 aliphatic heterocycles. The van der Waals surface area contributed by atoms with E-state index in [1.165, 1.54) is 38.8 Å². The van der Waals surface area contributed by atoms with Gasteiger partial charge < -0.3 is 4.90 Å². The first-order chi connectivity index (χ1) is 15.4. The molecule has 32 heavy (non-hydrogen) atoms. The maximum atomic E-state index is 9.10. The van der Waals surface area contributed by atoms with Crippen molar-refractivity contribution in [3.05, 3.63) is 82.4 Å². The van der Waals surface area contributed by atoms with E-state index in [1.807, 2.05) is 36.0 Å². The highest BCUT2D eigenvalue weighted by atomic mass is 15.4. The Bertz CT molecular complexity index is 1280. The number of benzene rings is 3. The van der Waals surface area contributed by atoms with Crippen LogP contribution in [0.5, 0.6) is 0 Å². The van der Waals surface area contributed by atoms with Crippen LogP contribution in [0.25, 0.3) is 22.0 Å². The smallest absolute Gasteiger partial charge is 0.134 e. The minimum Gasteiger partial charge on any atom is -0.352 e. The van der Waals surface area contributed by atoms with Crippen LogP contribution in [-0.4, -0.2) is 16.3 Å². The summed E-state index contributed by atoms with van der Waals surface area (Å²) in [5.74, 6) is 1.13. The first-order valence-corrected chi connectivity index (χ1v) is 11.2. The van der Waals surface area contributed by atoms with Gasteiger partial charge >= 0.3 is 0 Å². The number of hydrogen-bond acceptors (Lipinski definition) is 3. The van der Waals surface area contributed by atoms with Gasteiger partial charge in [0.15, 0.2) is 0 Å². The number of hydrogen-bond donors (Lipinski definition) is 0.